The molecule has 1 aliphatic rings. The molecule has 4 heterocycles. The lowest BCUT2D eigenvalue weighted by Gasteiger charge is -2.24. The Morgan fingerprint density at radius 1 is 1.30 bits per heavy atom. The Morgan fingerprint density at radius 3 is 2.79 bits per heavy atom. The lowest BCUT2D eigenvalue weighted by molar-refractivity contribution is 0.0577. The van der Waals surface area contributed by atoms with Crippen molar-refractivity contribution in [3.05, 3.63) is 34.5 Å². The monoisotopic (exact) mass is 471 g/mol. The molecule has 1 amide bonds. The molecule has 0 aromatic carbocycles. The van der Waals surface area contributed by atoms with E-state index in [1.807, 2.05) is 26.1 Å². The molecule has 3 aromatic rings. The molecular weight excluding hydrogens is 442 g/mol. The number of amides is 1. The van der Waals surface area contributed by atoms with Gasteiger partial charge in [0.05, 0.1) is 31.6 Å². The van der Waals surface area contributed by atoms with E-state index in [1.165, 1.54) is 11.3 Å². The van der Waals surface area contributed by atoms with Gasteiger partial charge in [-0.1, -0.05) is 0 Å². The third-order valence-corrected chi connectivity index (χ3v) is 6.39. The normalized spacial score (nSPS) is 13.3. The van der Waals surface area contributed by atoms with Crippen molar-refractivity contribution < 1.29 is 19.7 Å². The van der Waals surface area contributed by atoms with E-state index in [9.17, 15) is 15.0 Å². The molecule has 3 aromatic heterocycles. The number of carbonyl (C=O) groups is 1. The SMILES string of the molecule is CC(C)N(CCO)C(=O)c1nc2c(s1)CCOc1cc(-c3cnn(CC(C)(C)O)c3)cnc1-2. The van der Waals surface area contributed by atoms with Crippen LogP contribution in [0.4, 0.5) is 0 Å². The first-order chi connectivity index (χ1) is 15.7. The van der Waals surface area contributed by atoms with Gasteiger partial charge >= 0.3 is 0 Å². The minimum absolute atomic E-state index is 0.0398. The number of fused-ring (bicyclic) bond motifs is 3. The Hall–Kier alpha value is -2.82. The first kappa shape index (κ1) is 23.3. The van der Waals surface area contributed by atoms with Crippen molar-refractivity contribution in [2.45, 2.75) is 52.3 Å². The van der Waals surface area contributed by atoms with Gasteiger partial charge in [0.25, 0.3) is 5.91 Å². The Kier molecular flexibility index (Phi) is 6.51. The van der Waals surface area contributed by atoms with Crippen molar-refractivity contribution in [3.8, 4) is 28.3 Å². The van der Waals surface area contributed by atoms with E-state index in [-0.39, 0.29) is 25.1 Å². The number of thiazole rings is 1. The van der Waals surface area contributed by atoms with Crippen LogP contribution in [0.3, 0.4) is 0 Å². The maximum Gasteiger partial charge on any atom is 0.283 e. The summed E-state index contributed by atoms with van der Waals surface area (Å²) in [4.78, 5) is 24.9. The van der Waals surface area contributed by atoms with E-state index < -0.39 is 5.60 Å². The molecule has 176 valence electrons. The minimum Gasteiger partial charge on any atom is -0.491 e. The first-order valence-electron chi connectivity index (χ1n) is 11.0. The summed E-state index contributed by atoms with van der Waals surface area (Å²) in [5.41, 5.74) is 2.14. The van der Waals surface area contributed by atoms with Crippen LogP contribution >= 0.6 is 11.3 Å². The Bertz CT molecular complexity index is 1150. The fraction of sp³-hybridized carbons (Fsp3) is 0.478. The van der Waals surface area contributed by atoms with Gasteiger partial charge in [0, 0.05) is 47.4 Å². The molecule has 4 rings (SSSR count). The average Bonchev–Trinajstić information content (AvgIpc) is 3.34. The van der Waals surface area contributed by atoms with E-state index in [0.29, 0.717) is 41.7 Å². The van der Waals surface area contributed by atoms with Gasteiger partial charge in [0.1, 0.15) is 17.1 Å². The van der Waals surface area contributed by atoms with Gasteiger partial charge in [-0.15, -0.1) is 11.3 Å². The second-order valence-electron chi connectivity index (χ2n) is 9.01. The Morgan fingerprint density at radius 2 is 2.09 bits per heavy atom. The predicted octanol–water partition coefficient (Wildman–Crippen LogP) is 2.62. The fourth-order valence-corrected chi connectivity index (χ4v) is 4.76. The van der Waals surface area contributed by atoms with Gasteiger partial charge in [-0.05, 0) is 33.8 Å². The summed E-state index contributed by atoms with van der Waals surface area (Å²) in [6.07, 6.45) is 5.98. The number of carbonyl (C=O) groups excluding carboxylic acids is 1. The zero-order valence-electron chi connectivity index (χ0n) is 19.3. The topological polar surface area (TPSA) is 114 Å². The number of nitrogens with zero attached hydrogens (tertiary/aromatic N) is 5. The van der Waals surface area contributed by atoms with Gasteiger partial charge in [0.2, 0.25) is 0 Å². The van der Waals surface area contributed by atoms with Crippen LogP contribution in [0.1, 0.15) is 42.4 Å². The molecule has 0 aliphatic carbocycles. The van der Waals surface area contributed by atoms with Gasteiger partial charge in [-0.25, -0.2) is 9.97 Å². The first-order valence-corrected chi connectivity index (χ1v) is 11.8. The molecule has 0 spiro atoms. The van der Waals surface area contributed by atoms with Crippen molar-refractivity contribution in [1.29, 1.82) is 0 Å². The van der Waals surface area contributed by atoms with Crippen molar-refractivity contribution in [3.63, 3.8) is 0 Å². The number of pyridine rings is 1. The van der Waals surface area contributed by atoms with Gasteiger partial charge in [-0.3, -0.25) is 9.48 Å². The second kappa shape index (κ2) is 9.20. The number of hydrogen-bond donors (Lipinski definition) is 2. The van der Waals surface area contributed by atoms with Gasteiger partial charge in [-0.2, -0.15) is 5.10 Å². The molecule has 0 bridgehead atoms. The van der Waals surface area contributed by atoms with Crippen LogP contribution in [0.5, 0.6) is 5.75 Å². The highest BCUT2D eigenvalue weighted by Gasteiger charge is 2.27. The van der Waals surface area contributed by atoms with E-state index in [2.05, 4.69) is 15.1 Å². The number of aliphatic hydroxyl groups excluding tert-OH is 1. The number of ether oxygens (including phenoxy) is 1. The summed E-state index contributed by atoms with van der Waals surface area (Å²) < 4.78 is 7.67. The third kappa shape index (κ3) is 5.07. The predicted molar refractivity (Wildman–Crippen MR) is 125 cm³/mol. The summed E-state index contributed by atoms with van der Waals surface area (Å²) >= 11 is 1.36. The van der Waals surface area contributed by atoms with Crippen LogP contribution in [0.25, 0.3) is 22.5 Å². The zero-order valence-corrected chi connectivity index (χ0v) is 20.1. The molecule has 2 N–H and O–H groups in total. The summed E-state index contributed by atoms with van der Waals surface area (Å²) in [6.45, 7) is 8.32. The molecule has 0 saturated carbocycles. The standard InChI is InChI=1S/C23H29N5O4S/c1-14(2)28(6-7-29)22(30)21-26-20-18(33-21)5-8-32-17-9-15(10-24-19(17)20)16-11-25-27(12-16)13-23(3,4)31/h9-12,14,29,31H,5-8,13H2,1-4H3. The molecular formula is C23H29N5O4S. The number of rotatable bonds is 7. The maximum absolute atomic E-state index is 13.0. The van der Waals surface area contributed by atoms with Crippen LogP contribution in [0.15, 0.2) is 24.7 Å². The Balaban J connectivity index is 1.65. The van der Waals surface area contributed by atoms with Gasteiger partial charge in [0.15, 0.2) is 5.01 Å². The molecule has 0 radical (unpaired) electrons. The molecule has 10 heteroatoms. The lowest BCUT2D eigenvalue weighted by atomic mass is 10.1. The number of aromatic nitrogens is 4. The van der Waals surface area contributed by atoms with Gasteiger partial charge < -0.3 is 19.8 Å². The van der Waals surface area contributed by atoms with E-state index in [0.717, 1.165) is 16.0 Å². The number of hydrogen-bond acceptors (Lipinski definition) is 8. The molecule has 33 heavy (non-hydrogen) atoms. The maximum atomic E-state index is 13.0. The van der Waals surface area contributed by atoms with E-state index in [1.54, 1.807) is 35.8 Å². The van der Waals surface area contributed by atoms with E-state index in [4.69, 9.17) is 4.74 Å². The highest BCUT2D eigenvalue weighted by Crippen LogP contribution is 2.38. The molecule has 9 nitrogen and oxygen atoms in total. The van der Waals surface area contributed by atoms with E-state index >= 15 is 0 Å². The smallest absolute Gasteiger partial charge is 0.283 e. The highest BCUT2D eigenvalue weighted by atomic mass is 32.1. The van der Waals surface area contributed by atoms with Crippen molar-refractivity contribution in [1.82, 2.24) is 24.6 Å². The zero-order chi connectivity index (χ0) is 23.8. The van der Waals surface area contributed by atoms with Crippen molar-refractivity contribution in [2.75, 3.05) is 19.8 Å². The quantitative estimate of drug-likeness (QED) is 0.544. The fourth-order valence-electron chi connectivity index (χ4n) is 3.76. The van der Waals surface area contributed by atoms with Crippen molar-refractivity contribution in [2.24, 2.45) is 0 Å². The summed E-state index contributed by atoms with van der Waals surface area (Å²) in [7, 11) is 0. The Labute approximate surface area is 196 Å². The van der Waals surface area contributed by atoms with Crippen LogP contribution in [-0.4, -0.2) is 72.2 Å². The molecule has 0 atom stereocenters. The summed E-state index contributed by atoms with van der Waals surface area (Å²) in [5.74, 6) is 0.428. The molecule has 1 aliphatic heterocycles. The van der Waals surface area contributed by atoms with Crippen LogP contribution < -0.4 is 4.74 Å². The largest absolute Gasteiger partial charge is 0.491 e. The average molecular weight is 472 g/mol. The third-order valence-electron chi connectivity index (χ3n) is 5.28. The molecule has 0 fully saturated rings. The van der Waals surface area contributed by atoms with Crippen molar-refractivity contribution >= 4 is 17.2 Å². The number of aliphatic hydroxyl groups is 2. The van der Waals surface area contributed by atoms with Crippen LogP contribution in [0.2, 0.25) is 0 Å². The molecule has 0 unspecified atom stereocenters. The highest BCUT2D eigenvalue weighted by molar-refractivity contribution is 7.14. The summed E-state index contributed by atoms with van der Waals surface area (Å²) in [6, 6.07) is 1.87. The second-order valence-corrected chi connectivity index (χ2v) is 10.1. The van der Waals surface area contributed by atoms with Crippen LogP contribution in [0, 0.1) is 0 Å². The summed E-state index contributed by atoms with van der Waals surface area (Å²) in [5, 5.41) is 24.1. The molecule has 0 saturated heterocycles. The minimum atomic E-state index is -0.864. The lowest BCUT2D eigenvalue weighted by Crippen LogP contribution is -2.38. The van der Waals surface area contributed by atoms with Crippen LogP contribution in [-0.2, 0) is 13.0 Å².